The standard InChI is InChI=1S/C21H19N3O2S2/c1-13-5-3-4-6-15(13)9-22-18(25)10-24-12-23-20-19(21(24)26)16(11-27-20)17-8-7-14(2)28-17/h3-8,11-12H,9-10H2,1-2H3,(H,22,25). The van der Waals surface area contributed by atoms with E-state index in [1.54, 1.807) is 11.3 Å². The molecule has 28 heavy (non-hydrogen) atoms. The van der Waals surface area contributed by atoms with Gasteiger partial charge >= 0.3 is 0 Å². The van der Waals surface area contributed by atoms with Gasteiger partial charge in [-0.3, -0.25) is 14.2 Å². The van der Waals surface area contributed by atoms with Gasteiger partial charge in [-0.1, -0.05) is 24.3 Å². The predicted molar refractivity (Wildman–Crippen MR) is 115 cm³/mol. The minimum absolute atomic E-state index is 0.0492. The van der Waals surface area contributed by atoms with Gasteiger partial charge in [-0.2, -0.15) is 0 Å². The van der Waals surface area contributed by atoms with Crippen molar-refractivity contribution in [3.8, 4) is 10.4 Å². The van der Waals surface area contributed by atoms with Gasteiger partial charge < -0.3 is 5.32 Å². The number of nitrogens with zero attached hydrogens (tertiary/aromatic N) is 2. The summed E-state index contributed by atoms with van der Waals surface area (Å²) in [5.74, 6) is -0.213. The number of carbonyl (C=O) groups excluding carboxylic acids is 1. The molecule has 1 aromatic carbocycles. The molecule has 4 rings (SSSR count). The van der Waals surface area contributed by atoms with Gasteiger partial charge in [0.1, 0.15) is 11.4 Å². The highest BCUT2D eigenvalue weighted by Gasteiger charge is 2.15. The van der Waals surface area contributed by atoms with E-state index in [-0.39, 0.29) is 18.0 Å². The molecule has 0 aliphatic rings. The predicted octanol–water partition coefficient (Wildman–Crippen LogP) is 4.12. The lowest BCUT2D eigenvalue weighted by atomic mass is 10.1. The zero-order valence-corrected chi connectivity index (χ0v) is 17.2. The van der Waals surface area contributed by atoms with Crippen molar-refractivity contribution in [2.75, 3.05) is 0 Å². The van der Waals surface area contributed by atoms with Crippen molar-refractivity contribution in [2.45, 2.75) is 26.9 Å². The summed E-state index contributed by atoms with van der Waals surface area (Å²) in [4.78, 5) is 32.7. The van der Waals surface area contributed by atoms with E-state index in [2.05, 4.69) is 10.3 Å². The van der Waals surface area contributed by atoms with Crippen molar-refractivity contribution in [1.82, 2.24) is 14.9 Å². The van der Waals surface area contributed by atoms with Crippen molar-refractivity contribution in [3.05, 3.63) is 74.5 Å². The quantitative estimate of drug-likeness (QED) is 0.539. The third-order valence-corrected chi connectivity index (χ3v) is 6.54. The van der Waals surface area contributed by atoms with Gasteiger partial charge in [0.05, 0.1) is 11.7 Å². The normalized spacial score (nSPS) is 11.1. The van der Waals surface area contributed by atoms with Gasteiger partial charge in [-0.25, -0.2) is 4.98 Å². The van der Waals surface area contributed by atoms with Crippen LogP contribution in [0.5, 0.6) is 0 Å². The third-order valence-electron chi connectivity index (χ3n) is 4.62. The Labute approximate surface area is 170 Å². The maximum Gasteiger partial charge on any atom is 0.263 e. The summed E-state index contributed by atoms with van der Waals surface area (Å²) < 4.78 is 1.38. The molecule has 1 amide bonds. The summed E-state index contributed by atoms with van der Waals surface area (Å²) in [7, 11) is 0. The molecule has 0 atom stereocenters. The van der Waals surface area contributed by atoms with E-state index in [9.17, 15) is 9.59 Å². The molecule has 0 spiro atoms. The van der Waals surface area contributed by atoms with Crippen LogP contribution in [0.1, 0.15) is 16.0 Å². The Morgan fingerprint density at radius 3 is 2.75 bits per heavy atom. The second-order valence-electron chi connectivity index (χ2n) is 6.62. The maximum atomic E-state index is 13.0. The monoisotopic (exact) mass is 409 g/mol. The molecule has 0 bridgehead atoms. The average molecular weight is 410 g/mol. The second kappa shape index (κ2) is 7.69. The number of hydrogen-bond donors (Lipinski definition) is 1. The zero-order chi connectivity index (χ0) is 19.7. The number of carbonyl (C=O) groups is 1. The molecule has 0 aliphatic carbocycles. The Balaban J connectivity index is 1.57. The molecule has 0 saturated carbocycles. The molecule has 0 aliphatic heterocycles. The lowest BCUT2D eigenvalue weighted by Gasteiger charge is -2.09. The van der Waals surface area contributed by atoms with E-state index < -0.39 is 0 Å². The third kappa shape index (κ3) is 3.63. The zero-order valence-electron chi connectivity index (χ0n) is 15.6. The molecule has 0 saturated heterocycles. The SMILES string of the molecule is Cc1ccc(-c2csc3ncn(CC(=O)NCc4ccccc4C)c(=O)c23)s1. The average Bonchev–Trinajstić information content (AvgIpc) is 3.30. The highest BCUT2D eigenvalue weighted by Crippen LogP contribution is 2.34. The van der Waals surface area contributed by atoms with Crippen LogP contribution >= 0.6 is 22.7 Å². The molecule has 7 heteroatoms. The van der Waals surface area contributed by atoms with E-state index in [0.717, 1.165) is 21.6 Å². The van der Waals surface area contributed by atoms with E-state index in [0.29, 0.717) is 16.8 Å². The molecule has 1 N–H and O–H groups in total. The van der Waals surface area contributed by atoms with Crippen molar-refractivity contribution < 1.29 is 4.79 Å². The molecule has 4 aromatic rings. The Morgan fingerprint density at radius 1 is 1.18 bits per heavy atom. The Bertz CT molecular complexity index is 1220. The second-order valence-corrected chi connectivity index (χ2v) is 8.77. The first-order valence-corrected chi connectivity index (χ1v) is 10.6. The topological polar surface area (TPSA) is 64.0 Å². The summed E-state index contributed by atoms with van der Waals surface area (Å²) in [6.07, 6.45) is 1.46. The Hall–Kier alpha value is -2.77. The number of hydrogen-bond acceptors (Lipinski definition) is 5. The summed E-state index contributed by atoms with van der Waals surface area (Å²) in [5, 5.41) is 5.43. The van der Waals surface area contributed by atoms with Crippen LogP contribution < -0.4 is 10.9 Å². The van der Waals surface area contributed by atoms with Gasteiger partial charge in [0, 0.05) is 27.2 Å². The molecule has 3 aromatic heterocycles. The van der Waals surface area contributed by atoms with Crippen LogP contribution in [0.4, 0.5) is 0 Å². The first-order chi connectivity index (χ1) is 13.5. The Morgan fingerprint density at radius 2 is 2.00 bits per heavy atom. The number of amides is 1. The van der Waals surface area contributed by atoms with E-state index in [1.807, 2.05) is 55.6 Å². The number of aromatic nitrogens is 2. The van der Waals surface area contributed by atoms with Crippen LogP contribution in [-0.4, -0.2) is 15.5 Å². The maximum absolute atomic E-state index is 13.0. The van der Waals surface area contributed by atoms with Gasteiger partial charge in [0.15, 0.2) is 0 Å². The van der Waals surface area contributed by atoms with Gasteiger partial charge in [0.2, 0.25) is 5.91 Å². The molecule has 0 fully saturated rings. The van der Waals surface area contributed by atoms with E-state index >= 15 is 0 Å². The minimum atomic E-state index is -0.213. The van der Waals surface area contributed by atoms with Crippen LogP contribution in [0.25, 0.3) is 20.7 Å². The highest BCUT2D eigenvalue weighted by molar-refractivity contribution is 7.19. The fourth-order valence-corrected chi connectivity index (χ4v) is 4.92. The molecule has 0 radical (unpaired) electrons. The first kappa shape index (κ1) is 18.6. The fourth-order valence-electron chi connectivity index (χ4n) is 3.05. The Kier molecular flexibility index (Phi) is 5.11. The molecular weight excluding hydrogens is 390 g/mol. The van der Waals surface area contributed by atoms with Crippen molar-refractivity contribution >= 4 is 38.8 Å². The summed E-state index contributed by atoms with van der Waals surface area (Å²) in [6.45, 7) is 4.44. The minimum Gasteiger partial charge on any atom is -0.350 e. The van der Waals surface area contributed by atoms with Crippen molar-refractivity contribution in [2.24, 2.45) is 0 Å². The van der Waals surface area contributed by atoms with Crippen LogP contribution in [0.15, 0.2) is 52.9 Å². The number of thiophene rings is 2. The van der Waals surface area contributed by atoms with Crippen LogP contribution in [0.2, 0.25) is 0 Å². The summed E-state index contributed by atoms with van der Waals surface area (Å²) in [6, 6.07) is 12.0. The lowest BCUT2D eigenvalue weighted by molar-refractivity contribution is -0.121. The molecule has 5 nitrogen and oxygen atoms in total. The van der Waals surface area contributed by atoms with Crippen molar-refractivity contribution in [3.63, 3.8) is 0 Å². The number of rotatable bonds is 5. The summed E-state index contributed by atoms with van der Waals surface area (Å²) in [5.41, 5.74) is 2.89. The van der Waals surface area contributed by atoms with Gasteiger partial charge in [0.25, 0.3) is 5.56 Å². The van der Waals surface area contributed by atoms with Gasteiger partial charge in [-0.05, 0) is 37.1 Å². The number of fused-ring (bicyclic) bond motifs is 1. The van der Waals surface area contributed by atoms with Crippen LogP contribution in [0, 0.1) is 13.8 Å². The van der Waals surface area contributed by atoms with Crippen LogP contribution in [-0.2, 0) is 17.9 Å². The lowest BCUT2D eigenvalue weighted by Crippen LogP contribution is -2.32. The van der Waals surface area contributed by atoms with Crippen LogP contribution in [0.3, 0.4) is 0 Å². The van der Waals surface area contributed by atoms with Gasteiger partial charge in [-0.15, -0.1) is 22.7 Å². The fraction of sp³-hybridized carbons (Fsp3) is 0.190. The number of benzene rings is 1. The first-order valence-electron chi connectivity index (χ1n) is 8.87. The molecule has 3 heterocycles. The molecule has 142 valence electrons. The number of nitrogens with one attached hydrogen (secondary N) is 1. The largest absolute Gasteiger partial charge is 0.350 e. The smallest absolute Gasteiger partial charge is 0.263 e. The summed E-state index contributed by atoms with van der Waals surface area (Å²) >= 11 is 3.10. The van der Waals surface area contributed by atoms with E-state index in [1.165, 1.54) is 27.1 Å². The van der Waals surface area contributed by atoms with E-state index in [4.69, 9.17) is 0 Å². The molecular formula is C21H19N3O2S2. The molecule has 0 unspecified atom stereocenters. The van der Waals surface area contributed by atoms with Crippen molar-refractivity contribution in [1.29, 1.82) is 0 Å². The highest BCUT2D eigenvalue weighted by atomic mass is 32.1. The number of aryl methyl sites for hydroxylation is 2.